The Labute approximate surface area is 143 Å². The molecule has 25 heavy (non-hydrogen) atoms. The number of carbonyl (C=O) groups is 2. The maximum atomic E-state index is 12.9. The Balaban J connectivity index is 2.08. The molecule has 0 aliphatic carbocycles. The highest BCUT2D eigenvalue weighted by Crippen LogP contribution is 2.31. The number of hydrogen-bond donors (Lipinski definition) is 2. The number of alkyl halides is 3. The molecule has 0 radical (unpaired) electrons. The van der Waals surface area contributed by atoms with Crippen LogP contribution in [-0.4, -0.2) is 41.3 Å². The van der Waals surface area contributed by atoms with Crippen molar-refractivity contribution in [2.75, 3.05) is 13.1 Å². The molecule has 0 spiro atoms. The second-order valence-corrected chi connectivity index (χ2v) is 6.28. The number of aliphatic carboxylic acids is 1. The Hall–Kier alpha value is -2.25. The summed E-state index contributed by atoms with van der Waals surface area (Å²) in [5.74, 6) is -1.42. The topological polar surface area (TPSA) is 69.6 Å². The molecule has 1 saturated heterocycles. The Morgan fingerprint density at radius 2 is 1.88 bits per heavy atom. The third-order valence-corrected chi connectivity index (χ3v) is 4.43. The van der Waals surface area contributed by atoms with Crippen molar-refractivity contribution in [2.45, 2.75) is 38.4 Å². The lowest BCUT2D eigenvalue weighted by Crippen LogP contribution is -2.47. The minimum atomic E-state index is -4.42. The lowest BCUT2D eigenvalue weighted by molar-refractivity contribution is -0.143. The van der Waals surface area contributed by atoms with Crippen molar-refractivity contribution in [3.63, 3.8) is 0 Å². The van der Waals surface area contributed by atoms with Gasteiger partial charge in [-0.3, -0.25) is 4.79 Å². The van der Waals surface area contributed by atoms with E-state index in [2.05, 4.69) is 5.32 Å². The van der Waals surface area contributed by atoms with Crippen molar-refractivity contribution in [1.29, 1.82) is 0 Å². The normalized spacial score (nSPS) is 17.2. The Kier molecular flexibility index (Phi) is 5.92. The van der Waals surface area contributed by atoms with Crippen molar-refractivity contribution in [3.8, 4) is 0 Å². The first-order valence-corrected chi connectivity index (χ1v) is 8.08. The van der Waals surface area contributed by atoms with Crippen molar-refractivity contribution >= 4 is 12.0 Å². The van der Waals surface area contributed by atoms with Crippen LogP contribution < -0.4 is 5.32 Å². The highest BCUT2D eigenvalue weighted by atomic mass is 19.4. The molecule has 2 N–H and O–H groups in total. The SMILES string of the molecule is Cc1ccccc1C(CC(F)(F)F)NC(=O)N1CCC(C(=O)O)CC1. The van der Waals surface area contributed by atoms with E-state index in [0.717, 1.165) is 0 Å². The van der Waals surface area contributed by atoms with Gasteiger partial charge in [0.25, 0.3) is 0 Å². The minimum Gasteiger partial charge on any atom is -0.481 e. The van der Waals surface area contributed by atoms with Gasteiger partial charge in [0.05, 0.1) is 18.4 Å². The monoisotopic (exact) mass is 358 g/mol. The lowest BCUT2D eigenvalue weighted by atomic mass is 9.97. The summed E-state index contributed by atoms with van der Waals surface area (Å²) in [6.45, 7) is 2.13. The summed E-state index contributed by atoms with van der Waals surface area (Å²) in [5, 5.41) is 11.4. The highest BCUT2D eigenvalue weighted by molar-refractivity contribution is 5.76. The first-order chi connectivity index (χ1) is 11.7. The van der Waals surface area contributed by atoms with Crippen LogP contribution in [0.4, 0.5) is 18.0 Å². The summed E-state index contributed by atoms with van der Waals surface area (Å²) in [4.78, 5) is 24.7. The molecule has 1 unspecified atom stereocenters. The number of likely N-dealkylation sites (tertiary alicyclic amines) is 1. The molecule has 1 aliphatic rings. The molecule has 1 aromatic carbocycles. The van der Waals surface area contributed by atoms with Crippen LogP contribution in [0.15, 0.2) is 24.3 Å². The van der Waals surface area contributed by atoms with Gasteiger partial charge in [-0.05, 0) is 30.9 Å². The molecule has 2 amide bonds. The van der Waals surface area contributed by atoms with E-state index < -0.39 is 36.6 Å². The second-order valence-electron chi connectivity index (χ2n) is 6.28. The Bertz CT molecular complexity index is 626. The van der Waals surface area contributed by atoms with Crippen LogP contribution in [0.25, 0.3) is 0 Å². The van der Waals surface area contributed by atoms with Gasteiger partial charge in [0.2, 0.25) is 0 Å². The van der Waals surface area contributed by atoms with Crippen LogP contribution in [-0.2, 0) is 4.79 Å². The number of nitrogens with zero attached hydrogens (tertiary/aromatic N) is 1. The standard InChI is InChI=1S/C17H21F3N2O3/c1-11-4-2-3-5-13(11)14(10-17(18,19)20)21-16(25)22-8-6-12(7-9-22)15(23)24/h2-5,12,14H,6-10H2,1H3,(H,21,25)(H,23,24). The summed E-state index contributed by atoms with van der Waals surface area (Å²) >= 11 is 0. The average molecular weight is 358 g/mol. The summed E-state index contributed by atoms with van der Waals surface area (Å²) in [7, 11) is 0. The number of carboxylic acid groups (broad SMARTS) is 1. The van der Waals surface area contributed by atoms with Crippen LogP contribution in [0.2, 0.25) is 0 Å². The van der Waals surface area contributed by atoms with E-state index in [1.807, 2.05) is 0 Å². The van der Waals surface area contributed by atoms with Crippen molar-refractivity contribution < 1.29 is 27.9 Å². The van der Waals surface area contributed by atoms with Crippen LogP contribution in [0, 0.1) is 12.8 Å². The molecule has 138 valence electrons. The first kappa shape index (κ1) is 19.1. The van der Waals surface area contributed by atoms with E-state index in [1.54, 1.807) is 31.2 Å². The third-order valence-electron chi connectivity index (χ3n) is 4.43. The fourth-order valence-corrected chi connectivity index (χ4v) is 3.02. The largest absolute Gasteiger partial charge is 0.481 e. The predicted molar refractivity (Wildman–Crippen MR) is 85.1 cm³/mol. The van der Waals surface area contributed by atoms with Gasteiger partial charge in [0.1, 0.15) is 0 Å². The molecule has 5 nitrogen and oxygen atoms in total. The van der Waals surface area contributed by atoms with Gasteiger partial charge in [-0.2, -0.15) is 13.2 Å². The number of aryl methyl sites for hydroxylation is 1. The first-order valence-electron chi connectivity index (χ1n) is 8.08. The summed E-state index contributed by atoms with van der Waals surface area (Å²) in [6, 6.07) is 4.86. The molecule has 1 heterocycles. The smallest absolute Gasteiger partial charge is 0.391 e. The molecule has 0 aromatic heterocycles. The molecule has 0 saturated carbocycles. The number of urea groups is 1. The Morgan fingerprint density at radius 1 is 1.28 bits per heavy atom. The molecular formula is C17H21F3N2O3. The van der Waals surface area contributed by atoms with Crippen molar-refractivity contribution in [3.05, 3.63) is 35.4 Å². The van der Waals surface area contributed by atoms with E-state index in [1.165, 1.54) is 4.90 Å². The fraction of sp³-hybridized carbons (Fsp3) is 0.529. The Morgan fingerprint density at radius 3 is 2.40 bits per heavy atom. The zero-order valence-corrected chi connectivity index (χ0v) is 13.8. The van der Waals surface area contributed by atoms with Crippen LogP contribution in [0.5, 0.6) is 0 Å². The predicted octanol–water partition coefficient (Wildman–Crippen LogP) is 3.49. The average Bonchev–Trinajstić information content (AvgIpc) is 2.53. The number of carbonyl (C=O) groups excluding carboxylic acids is 1. The van der Waals surface area contributed by atoms with Gasteiger partial charge >= 0.3 is 18.2 Å². The van der Waals surface area contributed by atoms with E-state index in [4.69, 9.17) is 5.11 Å². The van der Waals surface area contributed by atoms with Crippen molar-refractivity contribution in [2.24, 2.45) is 5.92 Å². The number of nitrogens with one attached hydrogen (secondary N) is 1. The zero-order valence-electron chi connectivity index (χ0n) is 13.8. The third kappa shape index (κ3) is 5.37. The highest BCUT2D eigenvalue weighted by Gasteiger charge is 2.35. The van der Waals surface area contributed by atoms with E-state index >= 15 is 0 Å². The van der Waals surface area contributed by atoms with E-state index in [-0.39, 0.29) is 13.1 Å². The zero-order chi connectivity index (χ0) is 18.6. The van der Waals surface area contributed by atoms with Crippen LogP contribution in [0.3, 0.4) is 0 Å². The number of benzene rings is 1. The summed E-state index contributed by atoms with van der Waals surface area (Å²) < 4.78 is 38.8. The summed E-state index contributed by atoms with van der Waals surface area (Å²) in [6.07, 6.45) is -4.97. The molecule has 1 fully saturated rings. The number of hydrogen-bond acceptors (Lipinski definition) is 2. The number of rotatable bonds is 4. The number of carboxylic acids is 1. The van der Waals surface area contributed by atoms with Gasteiger partial charge in [0, 0.05) is 13.1 Å². The van der Waals surface area contributed by atoms with Gasteiger partial charge < -0.3 is 15.3 Å². The molecule has 2 rings (SSSR count). The quantitative estimate of drug-likeness (QED) is 0.866. The maximum Gasteiger partial charge on any atom is 0.391 e. The maximum absolute atomic E-state index is 12.9. The van der Waals surface area contributed by atoms with Gasteiger partial charge in [0.15, 0.2) is 0 Å². The summed E-state index contributed by atoms with van der Waals surface area (Å²) in [5.41, 5.74) is 1.09. The van der Waals surface area contributed by atoms with Crippen LogP contribution >= 0.6 is 0 Å². The molecule has 1 atom stereocenters. The molecule has 1 aromatic rings. The molecule has 1 aliphatic heterocycles. The molecule has 8 heteroatoms. The number of amides is 2. The number of halogens is 3. The molecular weight excluding hydrogens is 337 g/mol. The van der Waals surface area contributed by atoms with Crippen LogP contribution in [0.1, 0.15) is 36.4 Å². The van der Waals surface area contributed by atoms with E-state index in [9.17, 15) is 22.8 Å². The van der Waals surface area contributed by atoms with E-state index in [0.29, 0.717) is 24.0 Å². The second kappa shape index (κ2) is 7.76. The fourth-order valence-electron chi connectivity index (χ4n) is 3.02. The lowest BCUT2D eigenvalue weighted by Gasteiger charge is -2.32. The molecule has 0 bridgehead atoms. The van der Waals surface area contributed by atoms with Gasteiger partial charge in [-0.25, -0.2) is 4.79 Å². The van der Waals surface area contributed by atoms with Gasteiger partial charge in [-0.15, -0.1) is 0 Å². The van der Waals surface area contributed by atoms with Crippen molar-refractivity contribution in [1.82, 2.24) is 10.2 Å². The number of piperidine rings is 1. The van der Waals surface area contributed by atoms with Gasteiger partial charge in [-0.1, -0.05) is 24.3 Å². The minimum absolute atomic E-state index is 0.218.